The number of benzene rings is 1. The second kappa shape index (κ2) is 4.18. The first-order valence-electron chi connectivity index (χ1n) is 4.43. The van der Waals surface area contributed by atoms with Crippen molar-refractivity contribution in [2.24, 2.45) is 0 Å². The van der Waals surface area contributed by atoms with Crippen molar-refractivity contribution in [1.82, 2.24) is 5.16 Å². The van der Waals surface area contributed by atoms with E-state index in [9.17, 15) is 8.78 Å². The predicted molar refractivity (Wildman–Crippen MR) is 53.0 cm³/mol. The molecule has 0 bridgehead atoms. The van der Waals surface area contributed by atoms with Crippen molar-refractivity contribution in [3.05, 3.63) is 30.3 Å². The van der Waals surface area contributed by atoms with E-state index in [1.165, 1.54) is 12.1 Å². The number of ether oxygens (including phenoxy) is 1. The molecule has 16 heavy (non-hydrogen) atoms. The van der Waals surface area contributed by atoms with Gasteiger partial charge in [-0.25, -0.2) is 0 Å². The van der Waals surface area contributed by atoms with Gasteiger partial charge in [-0.2, -0.15) is 8.78 Å². The van der Waals surface area contributed by atoms with Gasteiger partial charge in [-0.3, -0.25) is 0 Å². The number of anilines is 1. The maximum atomic E-state index is 12.1. The summed E-state index contributed by atoms with van der Waals surface area (Å²) in [6.45, 7) is -2.88. The van der Waals surface area contributed by atoms with E-state index in [-0.39, 0.29) is 11.6 Å². The number of hydrogen-bond donors (Lipinski definition) is 1. The van der Waals surface area contributed by atoms with Crippen LogP contribution in [0.5, 0.6) is 5.75 Å². The molecule has 0 aliphatic rings. The van der Waals surface area contributed by atoms with Gasteiger partial charge in [0.05, 0.1) is 0 Å². The first-order valence-corrected chi connectivity index (χ1v) is 4.43. The van der Waals surface area contributed by atoms with E-state index in [1.807, 2.05) is 0 Å². The second-order valence-electron chi connectivity index (χ2n) is 2.99. The molecule has 1 heterocycles. The Morgan fingerprint density at radius 2 is 2.06 bits per heavy atom. The van der Waals surface area contributed by atoms with Gasteiger partial charge in [-0.15, -0.1) is 0 Å². The van der Waals surface area contributed by atoms with E-state index in [1.54, 1.807) is 18.2 Å². The van der Waals surface area contributed by atoms with Crippen LogP contribution in [0.4, 0.5) is 14.7 Å². The number of nitrogens with two attached hydrogens (primary N) is 1. The molecule has 0 aliphatic carbocycles. The summed E-state index contributed by atoms with van der Waals surface area (Å²) < 4.78 is 33.3. The fraction of sp³-hybridized carbons (Fsp3) is 0.100. The Labute approximate surface area is 89.6 Å². The van der Waals surface area contributed by atoms with Crippen molar-refractivity contribution in [3.63, 3.8) is 0 Å². The normalized spacial score (nSPS) is 10.7. The zero-order chi connectivity index (χ0) is 11.5. The van der Waals surface area contributed by atoms with E-state index in [0.29, 0.717) is 11.3 Å². The molecular formula is C10H8F2N2O2. The minimum atomic E-state index is -2.88. The zero-order valence-corrected chi connectivity index (χ0v) is 8.06. The molecule has 6 heteroatoms. The summed E-state index contributed by atoms with van der Waals surface area (Å²) in [7, 11) is 0. The first-order chi connectivity index (χ1) is 7.66. The number of halogens is 2. The van der Waals surface area contributed by atoms with Crippen LogP contribution >= 0.6 is 0 Å². The van der Waals surface area contributed by atoms with E-state index in [2.05, 4.69) is 14.4 Å². The smallest absolute Gasteiger partial charge is 0.387 e. The van der Waals surface area contributed by atoms with Crippen LogP contribution in [0.25, 0.3) is 11.3 Å². The summed E-state index contributed by atoms with van der Waals surface area (Å²) in [4.78, 5) is 0. The van der Waals surface area contributed by atoms with Crippen LogP contribution in [0.2, 0.25) is 0 Å². The van der Waals surface area contributed by atoms with Crippen molar-refractivity contribution in [3.8, 4) is 17.0 Å². The molecule has 0 spiro atoms. The minimum Gasteiger partial charge on any atom is -0.434 e. The standard InChI is InChI=1S/C10H8F2N2O2/c11-10(12)15-8-4-2-1-3-6(8)7-5-9(13)16-14-7/h1-5,10H,13H2. The lowest BCUT2D eigenvalue weighted by Gasteiger charge is -2.07. The molecule has 1 aromatic heterocycles. The largest absolute Gasteiger partial charge is 0.434 e. The molecule has 2 N–H and O–H groups in total. The summed E-state index contributed by atoms with van der Waals surface area (Å²) in [5.74, 6) is 0.146. The maximum Gasteiger partial charge on any atom is 0.387 e. The molecular weight excluding hydrogens is 218 g/mol. The highest BCUT2D eigenvalue weighted by Gasteiger charge is 2.13. The molecule has 0 saturated carbocycles. The summed E-state index contributed by atoms with van der Waals surface area (Å²) >= 11 is 0. The third-order valence-corrected chi connectivity index (χ3v) is 1.91. The van der Waals surface area contributed by atoms with Crippen LogP contribution in [0.15, 0.2) is 34.9 Å². The molecule has 84 valence electrons. The Bertz CT molecular complexity index is 485. The van der Waals surface area contributed by atoms with Crippen molar-refractivity contribution in [2.75, 3.05) is 5.73 Å². The number of nitrogen functional groups attached to an aromatic ring is 1. The Kier molecular flexibility index (Phi) is 2.72. The average molecular weight is 226 g/mol. The molecule has 0 radical (unpaired) electrons. The van der Waals surface area contributed by atoms with Gasteiger partial charge < -0.3 is 15.0 Å². The van der Waals surface area contributed by atoms with Gasteiger partial charge in [0.25, 0.3) is 0 Å². The molecule has 0 amide bonds. The predicted octanol–water partition coefficient (Wildman–Crippen LogP) is 2.53. The Morgan fingerprint density at radius 3 is 2.69 bits per heavy atom. The average Bonchev–Trinajstić information content (AvgIpc) is 2.65. The van der Waals surface area contributed by atoms with Gasteiger partial charge in [0.1, 0.15) is 11.4 Å². The lowest BCUT2D eigenvalue weighted by atomic mass is 10.1. The highest BCUT2D eigenvalue weighted by molar-refractivity contribution is 5.68. The fourth-order valence-electron chi connectivity index (χ4n) is 1.29. The Hall–Kier alpha value is -2.11. The van der Waals surface area contributed by atoms with Gasteiger partial charge in [0.15, 0.2) is 0 Å². The van der Waals surface area contributed by atoms with E-state index < -0.39 is 6.61 Å². The van der Waals surface area contributed by atoms with Crippen molar-refractivity contribution in [1.29, 1.82) is 0 Å². The molecule has 0 aliphatic heterocycles. The lowest BCUT2D eigenvalue weighted by Crippen LogP contribution is -2.02. The monoisotopic (exact) mass is 226 g/mol. The summed E-state index contributed by atoms with van der Waals surface area (Å²) in [6, 6.07) is 7.72. The van der Waals surface area contributed by atoms with Crippen LogP contribution in [0, 0.1) is 0 Å². The number of hydrogen-bond acceptors (Lipinski definition) is 4. The number of para-hydroxylation sites is 1. The van der Waals surface area contributed by atoms with Gasteiger partial charge >= 0.3 is 6.61 Å². The molecule has 2 rings (SSSR count). The van der Waals surface area contributed by atoms with Crippen LogP contribution in [0.3, 0.4) is 0 Å². The number of nitrogens with zero attached hydrogens (tertiary/aromatic N) is 1. The zero-order valence-electron chi connectivity index (χ0n) is 8.06. The highest BCUT2D eigenvalue weighted by atomic mass is 19.3. The topological polar surface area (TPSA) is 61.3 Å². The number of rotatable bonds is 3. The molecule has 0 unspecified atom stereocenters. The van der Waals surface area contributed by atoms with Crippen LogP contribution in [-0.2, 0) is 0 Å². The molecule has 4 nitrogen and oxygen atoms in total. The Morgan fingerprint density at radius 1 is 1.31 bits per heavy atom. The third kappa shape index (κ3) is 2.10. The Balaban J connectivity index is 2.40. The number of alkyl halides is 2. The van der Waals surface area contributed by atoms with Crippen LogP contribution in [-0.4, -0.2) is 11.8 Å². The molecule has 0 atom stereocenters. The molecule has 2 aromatic rings. The third-order valence-electron chi connectivity index (χ3n) is 1.91. The van der Waals surface area contributed by atoms with Gasteiger partial charge in [-0.1, -0.05) is 17.3 Å². The van der Waals surface area contributed by atoms with E-state index >= 15 is 0 Å². The van der Waals surface area contributed by atoms with Gasteiger partial charge in [0, 0.05) is 11.6 Å². The minimum absolute atomic E-state index is 0.0331. The molecule has 0 saturated heterocycles. The number of aromatic nitrogens is 1. The van der Waals surface area contributed by atoms with Crippen molar-refractivity contribution < 1.29 is 18.0 Å². The van der Waals surface area contributed by atoms with Crippen LogP contribution in [0.1, 0.15) is 0 Å². The van der Waals surface area contributed by atoms with E-state index in [0.717, 1.165) is 0 Å². The van der Waals surface area contributed by atoms with Crippen molar-refractivity contribution >= 4 is 5.88 Å². The summed E-state index contributed by atoms with van der Waals surface area (Å²) in [6.07, 6.45) is 0. The maximum absolute atomic E-state index is 12.1. The molecule has 0 fully saturated rings. The fourth-order valence-corrected chi connectivity index (χ4v) is 1.29. The highest BCUT2D eigenvalue weighted by Crippen LogP contribution is 2.30. The summed E-state index contributed by atoms with van der Waals surface area (Å²) in [5.41, 5.74) is 6.11. The van der Waals surface area contributed by atoms with Crippen molar-refractivity contribution in [2.45, 2.75) is 6.61 Å². The summed E-state index contributed by atoms with van der Waals surface area (Å²) in [5, 5.41) is 3.63. The quantitative estimate of drug-likeness (QED) is 0.873. The lowest BCUT2D eigenvalue weighted by molar-refractivity contribution is -0.0494. The van der Waals surface area contributed by atoms with Crippen LogP contribution < -0.4 is 10.5 Å². The molecule has 1 aromatic carbocycles. The SMILES string of the molecule is Nc1cc(-c2ccccc2OC(F)F)no1. The second-order valence-corrected chi connectivity index (χ2v) is 2.99. The van der Waals surface area contributed by atoms with Gasteiger partial charge in [0.2, 0.25) is 5.88 Å². The first kappa shape index (κ1) is 10.4. The van der Waals surface area contributed by atoms with Gasteiger partial charge in [-0.05, 0) is 12.1 Å². The van der Waals surface area contributed by atoms with E-state index in [4.69, 9.17) is 5.73 Å².